The molecule has 0 rings (SSSR count). The number of rotatable bonds is 6. The highest BCUT2D eigenvalue weighted by molar-refractivity contribution is 6.03. The third-order valence-electron chi connectivity index (χ3n) is 3.79. The van der Waals surface area contributed by atoms with E-state index in [4.69, 9.17) is 4.74 Å². The van der Waals surface area contributed by atoms with Gasteiger partial charge in [0.25, 0.3) is 0 Å². The zero-order valence-electron chi connectivity index (χ0n) is 13.7. The van der Waals surface area contributed by atoms with E-state index in [1.54, 1.807) is 20.8 Å². The van der Waals surface area contributed by atoms with Crippen molar-refractivity contribution in [1.82, 2.24) is 4.90 Å². The molecular formula is C15H29NO3. The van der Waals surface area contributed by atoms with Crippen LogP contribution in [0.25, 0.3) is 0 Å². The maximum Gasteiger partial charge on any atom is 0.319 e. The van der Waals surface area contributed by atoms with Gasteiger partial charge in [-0.15, -0.1) is 0 Å². The zero-order valence-corrected chi connectivity index (χ0v) is 13.7. The first-order valence-corrected chi connectivity index (χ1v) is 6.85. The van der Waals surface area contributed by atoms with Crippen molar-refractivity contribution in [2.24, 2.45) is 10.8 Å². The van der Waals surface area contributed by atoms with Gasteiger partial charge in [-0.25, -0.2) is 0 Å². The van der Waals surface area contributed by atoms with Gasteiger partial charge < -0.3 is 4.74 Å². The summed E-state index contributed by atoms with van der Waals surface area (Å²) in [6.07, 6.45) is 0. The summed E-state index contributed by atoms with van der Waals surface area (Å²) in [6.45, 7) is 14.0. The van der Waals surface area contributed by atoms with Gasteiger partial charge in [0.05, 0.1) is 13.2 Å². The van der Waals surface area contributed by atoms with E-state index in [0.717, 1.165) is 0 Å². The van der Waals surface area contributed by atoms with Gasteiger partial charge in [-0.1, -0.05) is 20.8 Å². The highest BCUT2D eigenvalue weighted by Gasteiger charge is 2.38. The second-order valence-corrected chi connectivity index (χ2v) is 6.73. The average Bonchev–Trinajstić information content (AvgIpc) is 2.26. The molecule has 4 nitrogen and oxygen atoms in total. The average molecular weight is 271 g/mol. The minimum Gasteiger partial charge on any atom is -0.465 e. The Labute approximate surface area is 117 Å². The van der Waals surface area contributed by atoms with Crippen LogP contribution in [0, 0.1) is 10.8 Å². The molecule has 0 saturated carbocycles. The van der Waals surface area contributed by atoms with Gasteiger partial charge >= 0.3 is 5.97 Å². The second kappa shape index (κ2) is 6.51. The molecule has 0 aliphatic rings. The summed E-state index contributed by atoms with van der Waals surface area (Å²) in [5.41, 5.74) is -0.995. The Morgan fingerprint density at radius 3 is 2.00 bits per heavy atom. The van der Waals surface area contributed by atoms with Crippen molar-refractivity contribution in [2.75, 3.05) is 20.2 Å². The molecule has 0 bridgehead atoms. The van der Waals surface area contributed by atoms with Crippen LogP contribution in [-0.2, 0) is 14.3 Å². The number of nitrogens with zero attached hydrogens (tertiary/aromatic N) is 1. The number of likely N-dealkylation sites (N-methyl/N-ethyl adjacent to an activating group) is 1. The lowest BCUT2D eigenvalue weighted by atomic mass is 9.85. The molecule has 0 aliphatic heterocycles. The van der Waals surface area contributed by atoms with Crippen molar-refractivity contribution in [3.8, 4) is 0 Å². The first-order valence-electron chi connectivity index (χ1n) is 6.85. The first-order chi connectivity index (χ1) is 8.44. The van der Waals surface area contributed by atoms with E-state index in [1.807, 2.05) is 11.9 Å². The number of hydrogen-bond acceptors (Lipinski definition) is 4. The Morgan fingerprint density at radius 2 is 1.63 bits per heavy atom. The van der Waals surface area contributed by atoms with Crippen LogP contribution in [0.4, 0.5) is 0 Å². The van der Waals surface area contributed by atoms with Crippen LogP contribution in [0.15, 0.2) is 0 Å². The van der Waals surface area contributed by atoms with Gasteiger partial charge in [0.15, 0.2) is 5.78 Å². The van der Waals surface area contributed by atoms with Crippen molar-refractivity contribution >= 4 is 11.8 Å². The molecule has 1 unspecified atom stereocenters. The van der Waals surface area contributed by atoms with Crippen LogP contribution in [-0.4, -0.2) is 42.9 Å². The van der Waals surface area contributed by atoms with E-state index in [-0.39, 0.29) is 23.8 Å². The monoisotopic (exact) mass is 271 g/mol. The SMILES string of the molecule is CCOC(=O)C(C)(C)C(=O)CN(C)C(C)C(C)(C)C. The number of ether oxygens (including phenoxy) is 1. The largest absolute Gasteiger partial charge is 0.465 e. The summed E-state index contributed by atoms with van der Waals surface area (Å²) in [5, 5.41) is 0. The van der Waals surface area contributed by atoms with Crippen LogP contribution in [0.5, 0.6) is 0 Å². The van der Waals surface area contributed by atoms with Gasteiger partial charge in [-0.3, -0.25) is 14.5 Å². The van der Waals surface area contributed by atoms with Crippen molar-refractivity contribution in [3.63, 3.8) is 0 Å². The summed E-state index contributed by atoms with van der Waals surface area (Å²) < 4.78 is 4.96. The van der Waals surface area contributed by atoms with Crippen LogP contribution in [0.2, 0.25) is 0 Å². The van der Waals surface area contributed by atoms with Crippen molar-refractivity contribution < 1.29 is 14.3 Å². The molecule has 0 saturated heterocycles. The summed E-state index contributed by atoms with van der Waals surface area (Å²) in [6, 6.07) is 0.245. The Balaban J connectivity index is 4.73. The summed E-state index contributed by atoms with van der Waals surface area (Å²) in [7, 11) is 1.91. The molecule has 0 N–H and O–H groups in total. The lowest BCUT2D eigenvalue weighted by Gasteiger charge is -2.36. The highest BCUT2D eigenvalue weighted by Crippen LogP contribution is 2.25. The fourth-order valence-corrected chi connectivity index (χ4v) is 1.65. The zero-order chi connectivity index (χ0) is 15.4. The fourth-order valence-electron chi connectivity index (χ4n) is 1.65. The van der Waals surface area contributed by atoms with Gasteiger partial charge in [-0.05, 0) is 40.2 Å². The van der Waals surface area contributed by atoms with Gasteiger partial charge in [0.1, 0.15) is 5.41 Å². The molecule has 0 aromatic carbocycles. The molecule has 0 radical (unpaired) electrons. The number of esters is 1. The Kier molecular flexibility index (Phi) is 6.20. The maximum atomic E-state index is 12.3. The van der Waals surface area contributed by atoms with Crippen molar-refractivity contribution in [3.05, 3.63) is 0 Å². The minimum absolute atomic E-state index is 0.0864. The predicted octanol–water partition coefficient (Wildman–Crippen LogP) is 2.51. The lowest BCUT2D eigenvalue weighted by Crippen LogP contribution is -2.46. The van der Waals surface area contributed by atoms with Gasteiger partial charge in [0, 0.05) is 6.04 Å². The van der Waals surface area contributed by atoms with Crippen LogP contribution in [0.1, 0.15) is 48.5 Å². The molecule has 19 heavy (non-hydrogen) atoms. The van der Waals surface area contributed by atoms with Crippen LogP contribution in [0.3, 0.4) is 0 Å². The minimum atomic E-state index is -1.08. The third-order valence-corrected chi connectivity index (χ3v) is 3.79. The van der Waals surface area contributed by atoms with Gasteiger partial charge in [0.2, 0.25) is 0 Å². The van der Waals surface area contributed by atoms with E-state index < -0.39 is 11.4 Å². The fraction of sp³-hybridized carbons (Fsp3) is 0.867. The highest BCUT2D eigenvalue weighted by atomic mass is 16.5. The number of carbonyl (C=O) groups excluding carboxylic acids is 2. The molecule has 112 valence electrons. The third kappa shape index (κ3) is 4.94. The Bertz CT molecular complexity index is 329. The van der Waals surface area contributed by atoms with E-state index in [2.05, 4.69) is 27.7 Å². The number of hydrogen-bond donors (Lipinski definition) is 0. The van der Waals surface area contributed by atoms with Gasteiger partial charge in [-0.2, -0.15) is 0 Å². The molecule has 1 atom stereocenters. The Morgan fingerprint density at radius 1 is 1.16 bits per heavy atom. The summed E-state index contributed by atoms with van der Waals surface area (Å²) in [5.74, 6) is -0.554. The molecular weight excluding hydrogens is 242 g/mol. The quantitative estimate of drug-likeness (QED) is 0.550. The number of ketones is 1. The molecule has 0 fully saturated rings. The molecule has 0 aromatic rings. The molecule has 4 heteroatoms. The number of Topliss-reactive ketones (excluding diaryl/α,β-unsaturated/α-hetero) is 1. The summed E-state index contributed by atoms with van der Waals surface area (Å²) >= 11 is 0. The smallest absolute Gasteiger partial charge is 0.319 e. The predicted molar refractivity (Wildman–Crippen MR) is 77.0 cm³/mol. The first kappa shape index (κ1) is 18.1. The lowest BCUT2D eigenvalue weighted by molar-refractivity contribution is -0.158. The van der Waals surface area contributed by atoms with Crippen LogP contribution < -0.4 is 0 Å². The molecule has 0 spiro atoms. The van der Waals surface area contributed by atoms with E-state index >= 15 is 0 Å². The van der Waals surface area contributed by atoms with Crippen LogP contribution >= 0.6 is 0 Å². The topological polar surface area (TPSA) is 46.6 Å². The standard InChI is InChI=1S/C15H29NO3/c1-9-19-13(18)15(6,7)12(17)10-16(8)11(2)14(3,4)5/h11H,9-10H2,1-8H3. The van der Waals surface area contributed by atoms with Crippen molar-refractivity contribution in [1.29, 1.82) is 0 Å². The Hall–Kier alpha value is -0.900. The molecule has 0 amide bonds. The molecule has 0 aliphatic carbocycles. The van der Waals surface area contributed by atoms with E-state index in [9.17, 15) is 9.59 Å². The number of carbonyl (C=O) groups is 2. The maximum absolute atomic E-state index is 12.3. The molecule has 0 heterocycles. The second-order valence-electron chi connectivity index (χ2n) is 6.73. The van der Waals surface area contributed by atoms with Crippen molar-refractivity contribution in [2.45, 2.75) is 54.5 Å². The summed E-state index contributed by atoms with van der Waals surface area (Å²) in [4.78, 5) is 26.1. The molecule has 0 aromatic heterocycles. The normalized spacial score (nSPS) is 14.4. The van der Waals surface area contributed by atoms with E-state index in [0.29, 0.717) is 6.61 Å². The van der Waals surface area contributed by atoms with E-state index in [1.165, 1.54) is 0 Å².